The number of amides is 2. The van der Waals surface area contributed by atoms with Crippen LogP contribution >= 0.6 is 0 Å². The second-order valence-corrected chi connectivity index (χ2v) is 5.46. The van der Waals surface area contributed by atoms with Crippen LogP contribution in [-0.4, -0.2) is 39.5 Å². The van der Waals surface area contributed by atoms with Gasteiger partial charge in [0.1, 0.15) is 0 Å². The molecule has 0 aromatic heterocycles. The summed E-state index contributed by atoms with van der Waals surface area (Å²) in [5.74, 6) is 0.548. The Hall–Kier alpha value is -0.780. The number of carbonyl (C=O) groups excluding carboxylic acids is 1. The van der Waals surface area contributed by atoms with Crippen LogP contribution in [0.15, 0.2) is 0 Å². The molecule has 1 heterocycles. The zero-order chi connectivity index (χ0) is 9.90. The Balaban J connectivity index is 2.29. The Morgan fingerprint density at radius 3 is 2.69 bits per heavy atom. The highest BCUT2D eigenvalue weighted by atomic mass is 32.2. The van der Waals surface area contributed by atoms with Crippen molar-refractivity contribution >= 4 is 15.9 Å². The maximum atomic E-state index is 11.0. The lowest BCUT2D eigenvalue weighted by Gasteiger charge is -2.08. The van der Waals surface area contributed by atoms with Gasteiger partial charge in [-0.05, 0) is 12.3 Å². The summed E-state index contributed by atoms with van der Waals surface area (Å²) >= 11 is 0. The van der Waals surface area contributed by atoms with E-state index in [2.05, 4.69) is 10.6 Å². The molecule has 2 amide bonds. The molecule has 1 atom stereocenters. The molecule has 0 aromatic carbocycles. The van der Waals surface area contributed by atoms with Gasteiger partial charge in [-0.1, -0.05) is 0 Å². The molecule has 1 aliphatic rings. The van der Waals surface area contributed by atoms with E-state index in [9.17, 15) is 13.2 Å². The maximum Gasteiger partial charge on any atom is 0.314 e. The van der Waals surface area contributed by atoms with E-state index in [0.717, 1.165) is 0 Å². The molecule has 0 saturated carbocycles. The third kappa shape index (κ3) is 3.22. The predicted molar refractivity (Wildman–Crippen MR) is 49.2 cm³/mol. The number of nitrogens with one attached hydrogen (secondary N) is 2. The SMILES string of the molecule is CNC(=O)NCC1CCS(=O)(=O)C1. The van der Waals surface area contributed by atoms with Gasteiger partial charge in [-0.15, -0.1) is 0 Å². The van der Waals surface area contributed by atoms with Gasteiger partial charge in [0.2, 0.25) is 0 Å². The molecule has 13 heavy (non-hydrogen) atoms. The first kappa shape index (κ1) is 10.3. The molecule has 1 rings (SSSR count). The smallest absolute Gasteiger partial charge is 0.314 e. The summed E-state index contributed by atoms with van der Waals surface area (Å²) in [6.07, 6.45) is 0.659. The number of hydrogen-bond donors (Lipinski definition) is 2. The van der Waals surface area contributed by atoms with Crippen molar-refractivity contribution in [2.45, 2.75) is 6.42 Å². The third-order valence-electron chi connectivity index (χ3n) is 2.11. The molecule has 0 spiro atoms. The average Bonchev–Trinajstić information content (AvgIpc) is 2.41. The van der Waals surface area contributed by atoms with Gasteiger partial charge in [0.25, 0.3) is 0 Å². The summed E-state index contributed by atoms with van der Waals surface area (Å²) in [4.78, 5) is 10.8. The molecular weight excluding hydrogens is 192 g/mol. The Morgan fingerprint density at radius 1 is 1.54 bits per heavy atom. The lowest BCUT2D eigenvalue weighted by molar-refractivity contribution is 0.241. The van der Waals surface area contributed by atoms with Crippen molar-refractivity contribution in [3.63, 3.8) is 0 Å². The van der Waals surface area contributed by atoms with Crippen LogP contribution in [-0.2, 0) is 9.84 Å². The molecule has 6 heteroatoms. The number of urea groups is 1. The minimum atomic E-state index is -2.82. The fraction of sp³-hybridized carbons (Fsp3) is 0.857. The van der Waals surface area contributed by atoms with Crippen LogP contribution in [0.1, 0.15) is 6.42 Å². The Labute approximate surface area is 77.8 Å². The van der Waals surface area contributed by atoms with Crippen LogP contribution in [0.25, 0.3) is 0 Å². The van der Waals surface area contributed by atoms with Crippen LogP contribution in [0.2, 0.25) is 0 Å². The van der Waals surface area contributed by atoms with E-state index in [1.807, 2.05) is 0 Å². The first-order valence-corrected chi connectivity index (χ1v) is 6.01. The summed E-state index contributed by atoms with van der Waals surface area (Å²) in [5.41, 5.74) is 0. The maximum absolute atomic E-state index is 11.0. The van der Waals surface area contributed by atoms with Crippen LogP contribution in [0, 0.1) is 5.92 Å². The monoisotopic (exact) mass is 206 g/mol. The van der Waals surface area contributed by atoms with Gasteiger partial charge in [-0.2, -0.15) is 0 Å². The van der Waals surface area contributed by atoms with Crippen molar-refractivity contribution in [2.24, 2.45) is 5.92 Å². The quantitative estimate of drug-likeness (QED) is 0.630. The van der Waals surface area contributed by atoms with Crippen molar-refractivity contribution in [3.8, 4) is 0 Å². The lowest BCUT2D eigenvalue weighted by Crippen LogP contribution is -2.36. The van der Waals surface area contributed by atoms with Gasteiger partial charge in [0, 0.05) is 13.6 Å². The largest absolute Gasteiger partial charge is 0.341 e. The zero-order valence-corrected chi connectivity index (χ0v) is 8.36. The molecule has 1 saturated heterocycles. The van der Waals surface area contributed by atoms with Crippen LogP contribution in [0.5, 0.6) is 0 Å². The van der Waals surface area contributed by atoms with E-state index in [-0.39, 0.29) is 23.5 Å². The highest BCUT2D eigenvalue weighted by Gasteiger charge is 2.27. The van der Waals surface area contributed by atoms with E-state index in [1.54, 1.807) is 0 Å². The summed E-state index contributed by atoms with van der Waals surface area (Å²) in [6.45, 7) is 0.443. The van der Waals surface area contributed by atoms with Crippen molar-refractivity contribution < 1.29 is 13.2 Å². The van der Waals surface area contributed by atoms with E-state index in [4.69, 9.17) is 0 Å². The second kappa shape index (κ2) is 3.95. The summed E-state index contributed by atoms with van der Waals surface area (Å²) in [7, 11) is -1.29. The third-order valence-corrected chi connectivity index (χ3v) is 3.94. The van der Waals surface area contributed by atoms with Gasteiger partial charge >= 0.3 is 6.03 Å². The van der Waals surface area contributed by atoms with Gasteiger partial charge in [0.15, 0.2) is 9.84 Å². The van der Waals surface area contributed by atoms with Crippen molar-refractivity contribution in [3.05, 3.63) is 0 Å². The minimum Gasteiger partial charge on any atom is -0.341 e. The molecule has 0 aromatic rings. The average molecular weight is 206 g/mol. The second-order valence-electron chi connectivity index (χ2n) is 3.23. The molecule has 0 aliphatic carbocycles. The molecule has 5 nitrogen and oxygen atoms in total. The topological polar surface area (TPSA) is 75.3 Å². The van der Waals surface area contributed by atoms with Gasteiger partial charge < -0.3 is 10.6 Å². The number of sulfone groups is 1. The van der Waals surface area contributed by atoms with E-state index in [1.165, 1.54) is 7.05 Å². The van der Waals surface area contributed by atoms with Gasteiger partial charge in [0.05, 0.1) is 11.5 Å². The molecular formula is C7H14N2O3S. The van der Waals surface area contributed by atoms with Crippen molar-refractivity contribution in [1.29, 1.82) is 0 Å². The molecule has 1 aliphatic heterocycles. The predicted octanol–water partition coefficient (Wildman–Crippen LogP) is -0.650. The molecule has 76 valence electrons. The van der Waals surface area contributed by atoms with Gasteiger partial charge in [-0.25, -0.2) is 13.2 Å². The lowest BCUT2D eigenvalue weighted by atomic mass is 10.1. The number of hydrogen-bond acceptors (Lipinski definition) is 3. The fourth-order valence-electron chi connectivity index (χ4n) is 1.36. The zero-order valence-electron chi connectivity index (χ0n) is 7.54. The first-order valence-electron chi connectivity index (χ1n) is 4.19. The minimum absolute atomic E-state index is 0.0855. The number of rotatable bonds is 2. The molecule has 2 N–H and O–H groups in total. The Kier molecular flexibility index (Phi) is 3.13. The van der Waals surface area contributed by atoms with Crippen molar-refractivity contribution in [2.75, 3.05) is 25.1 Å². The van der Waals surface area contributed by atoms with Crippen molar-refractivity contribution in [1.82, 2.24) is 10.6 Å². The van der Waals surface area contributed by atoms with E-state index < -0.39 is 9.84 Å². The van der Waals surface area contributed by atoms with Crippen LogP contribution in [0.4, 0.5) is 4.79 Å². The molecule has 0 radical (unpaired) electrons. The summed E-state index contributed by atoms with van der Waals surface area (Å²) in [6, 6.07) is -0.260. The number of carbonyl (C=O) groups is 1. The molecule has 0 bridgehead atoms. The molecule has 1 unspecified atom stereocenters. The highest BCUT2D eigenvalue weighted by Crippen LogP contribution is 2.16. The van der Waals surface area contributed by atoms with Gasteiger partial charge in [-0.3, -0.25) is 0 Å². The molecule has 1 fully saturated rings. The Morgan fingerprint density at radius 2 is 2.23 bits per heavy atom. The normalized spacial score (nSPS) is 25.5. The summed E-state index contributed by atoms with van der Waals surface area (Å²) < 4.78 is 22.1. The van der Waals surface area contributed by atoms with Crippen LogP contribution < -0.4 is 10.6 Å². The Bertz CT molecular complexity index is 286. The standard InChI is InChI=1S/C7H14N2O3S/c1-8-7(10)9-4-6-2-3-13(11,12)5-6/h6H,2-5H2,1H3,(H2,8,9,10). The summed E-state index contributed by atoms with van der Waals surface area (Å²) in [5, 5.41) is 5.01. The van der Waals surface area contributed by atoms with E-state index in [0.29, 0.717) is 13.0 Å². The highest BCUT2D eigenvalue weighted by molar-refractivity contribution is 7.91. The first-order chi connectivity index (χ1) is 6.03. The van der Waals surface area contributed by atoms with Crippen LogP contribution in [0.3, 0.4) is 0 Å². The fourth-order valence-corrected chi connectivity index (χ4v) is 3.22. The van der Waals surface area contributed by atoms with E-state index >= 15 is 0 Å².